The van der Waals surface area contributed by atoms with Crippen molar-refractivity contribution in [2.75, 3.05) is 39.4 Å². The highest BCUT2D eigenvalue weighted by Gasteiger charge is 2.22. The highest BCUT2D eigenvalue weighted by Crippen LogP contribution is 2.40. The first kappa shape index (κ1) is 25.2. The average Bonchev–Trinajstić information content (AvgIpc) is 2.87. The molecule has 186 valence electrons. The summed E-state index contributed by atoms with van der Waals surface area (Å²) in [5.41, 5.74) is 1.76. The van der Waals surface area contributed by atoms with E-state index in [0.29, 0.717) is 65.0 Å². The lowest BCUT2D eigenvalue weighted by atomic mass is 9.95. The summed E-state index contributed by atoms with van der Waals surface area (Å²) in [5.74, 6) is 1.22. The maximum absolute atomic E-state index is 12.6. The van der Waals surface area contributed by atoms with Gasteiger partial charge in [-0.15, -0.1) is 0 Å². The third-order valence-corrected chi connectivity index (χ3v) is 5.58. The molecule has 1 N–H and O–H groups in total. The average molecular weight is 510 g/mol. The lowest BCUT2D eigenvalue weighted by Crippen LogP contribution is -2.09. The summed E-state index contributed by atoms with van der Waals surface area (Å²) >= 11 is 6.54. The number of nitrogens with zero attached hydrogens (tertiary/aromatic N) is 2. The van der Waals surface area contributed by atoms with Crippen molar-refractivity contribution in [2.24, 2.45) is 0 Å². The molecule has 0 bridgehead atoms. The molecule has 10 heteroatoms. The Labute approximate surface area is 212 Å². The summed E-state index contributed by atoms with van der Waals surface area (Å²) in [7, 11) is 3.14. The molecule has 0 saturated heterocycles. The Morgan fingerprint density at radius 2 is 1.81 bits per heavy atom. The number of fused-ring (bicyclic) bond motifs is 1. The van der Waals surface area contributed by atoms with E-state index in [9.17, 15) is 9.59 Å². The van der Waals surface area contributed by atoms with Crippen molar-refractivity contribution in [3.63, 3.8) is 0 Å². The number of benzene rings is 2. The molecule has 0 spiro atoms. The third-order valence-electron chi connectivity index (χ3n) is 5.30. The van der Waals surface area contributed by atoms with Gasteiger partial charge in [0.1, 0.15) is 24.5 Å². The van der Waals surface area contributed by atoms with Crippen LogP contribution in [0.15, 0.2) is 48.8 Å². The molecular weight excluding hydrogens is 486 g/mol. The molecule has 0 amide bonds. The largest absolute Gasteiger partial charge is 0.493 e. The molecule has 0 fully saturated rings. The Bertz CT molecular complexity index is 1390. The van der Waals surface area contributed by atoms with Crippen molar-refractivity contribution < 1.29 is 28.5 Å². The van der Waals surface area contributed by atoms with Crippen molar-refractivity contribution >= 4 is 51.1 Å². The molecule has 2 aromatic carbocycles. The van der Waals surface area contributed by atoms with Crippen LogP contribution in [0, 0.1) is 0 Å². The van der Waals surface area contributed by atoms with Crippen LogP contribution in [0.2, 0.25) is 5.02 Å². The summed E-state index contributed by atoms with van der Waals surface area (Å²) in [5, 5.41) is 4.18. The van der Waals surface area contributed by atoms with Gasteiger partial charge in [0.2, 0.25) is 0 Å². The predicted octanol–water partition coefficient (Wildman–Crippen LogP) is 4.55. The molecule has 1 aliphatic rings. The molecule has 4 rings (SSSR count). The van der Waals surface area contributed by atoms with Crippen molar-refractivity contribution in [1.82, 2.24) is 9.97 Å². The van der Waals surface area contributed by atoms with Gasteiger partial charge in [0.05, 0.1) is 30.9 Å². The summed E-state index contributed by atoms with van der Waals surface area (Å²) < 4.78 is 22.0. The van der Waals surface area contributed by atoms with E-state index in [2.05, 4.69) is 15.3 Å². The number of methoxy groups -OCH3 is 2. The topological polar surface area (TPSA) is 109 Å². The molecule has 1 aromatic heterocycles. The fraction of sp³-hybridized carbons (Fsp3) is 0.231. The van der Waals surface area contributed by atoms with Gasteiger partial charge in [-0.1, -0.05) is 11.6 Å². The minimum absolute atomic E-state index is 0.198. The zero-order chi connectivity index (χ0) is 25.7. The Balaban J connectivity index is 1.76. The number of ketones is 2. The van der Waals surface area contributed by atoms with Crippen molar-refractivity contribution in [1.29, 1.82) is 0 Å². The van der Waals surface area contributed by atoms with E-state index in [4.69, 9.17) is 30.5 Å². The first-order valence-electron chi connectivity index (χ1n) is 11.1. The van der Waals surface area contributed by atoms with Gasteiger partial charge in [0.15, 0.2) is 23.1 Å². The van der Waals surface area contributed by atoms with Gasteiger partial charge in [0.25, 0.3) is 0 Å². The smallest absolute Gasteiger partial charge is 0.186 e. The van der Waals surface area contributed by atoms with Crippen LogP contribution in [-0.2, 0) is 14.3 Å². The second-order valence-corrected chi connectivity index (χ2v) is 8.04. The Hall–Kier alpha value is -3.95. The molecule has 1 heterocycles. The normalized spacial score (nSPS) is 13.1. The number of nitrogens with one attached hydrogen (secondary N) is 1. The molecular formula is C26H24ClN3O6. The Kier molecular flexibility index (Phi) is 7.82. The van der Waals surface area contributed by atoms with E-state index in [1.165, 1.54) is 24.6 Å². The molecule has 0 saturated carbocycles. The first-order chi connectivity index (χ1) is 17.4. The van der Waals surface area contributed by atoms with Gasteiger partial charge < -0.3 is 24.3 Å². The second-order valence-electron chi connectivity index (χ2n) is 7.63. The van der Waals surface area contributed by atoms with Crippen LogP contribution in [-0.4, -0.2) is 55.6 Å². The zero-order valence-electron chi connectivity index (χ0n) is 20.0. The van der Waals surface area contributed by atoms with Gasteiger partial charge in [0, 0.05) is 35.4 Å². The number of ether oxygens (including phenoxy) is 4. The van der Waals surface area contributed by atoms with Crippen molar-refractivity contribution in [3.8, 4) is 17.2 Å². The summed E-state index contributed by atoms with van der Waals surface area (Å²) in [6.45, 7) is 2.92. The molecule has 0 atom stereocenters. The monoisotopic (exact) mass is 509 g/mol. The molecule has 0 unspecified atom stereocenters. The lowest BCUT2D eigenvalue weighted by molar-refractivity contribution is -0.113. The van der Waals surface area contributed by atoms with E-state index in [-0.39, 0.29) is 22.2 Å². The molecule has 0 radical (unpaired) electrons. The summed E-state index contributed by atoms with van der Waals surface area (Å²) in [6.07, 6.45) is 5.15. The Morgan fingerprint density at radius 1 is 0.972 bits per heavy atom. The fourth-order valence-corrected chi connectivity index (χ4v) is 3.96. The number of hydrogen-bond acceptors (Lipinski definition) is 9. The SMILES string of the molecule is CCOc1c(Cl)cc(Nc2ncnc3cc(OCCOC)c(OC)cc23)cc1C1=CC(=O)C=CC1=O. The Morgan fingerprint density at radius 3 is 2.56 bits per heavy atom. The number of allylic oxidation sites excluding steroid dienone is 4. The minimum Gasteiger partial charge on any atom is -0.493 e. The van der Waals surface area contributed by atoms with E-state index < -0.39 is 0 Å². The number of hydrogen-bond donors (Lipinski definition) is 1. The van der Waals surface area contributed by atoms with Crippen LogP contribution in [0.4, 0.5) is 11.5 Å². The second kappa shape index (κ2) is 11.2. The maximum atomic E-state index is 12.6. The van der Waals surface area contributed by atoms with Crippen molar-refractivity contribution in [2.45, 2.75) is 6.92 Å². The number of carbonyl (C=O) groups excluding carboxylic acids is 2. The minimum atomic E-state index is -0.318. The van der Waals surface area contributed by atoms with Crippen LogP contribution in [0.25, 0.3) is 16.5 Å². The quantitative estimate of drug-likeness (QED) is 0.311. The summed E-state index contributed by atoms with van der Waals surface area (Å²) in [6, 6.07) is 6.89. The lowest BCUT2D eigenvalue weighted by Gasteiger charge is -2.18. The van der Waals surface area contributed by atoms with E-state index in [1.54, 1.807) is 38.5 Å². The maximum Gasteiger partial charge on any atom is 0.186 e. The number of anilines is 2. The van der Waals surface area contributed by atoms with Gasteiger partial charge >= 0.3 is 0 Å². The number of aromatic nitrogens is 2. The molecule has 36 heavy (non-hydrogen) atoms. The van der Waals surface area contributed by atoms with E-state index >= 15 is 0 Å². The number of halogens is 1. The van der Waals surface area contributed by atoms with E-state index in [1.807, 2.05) is 6.92 Å². The standard InChI is InChI=1S/C26H24ClN3O6/c1-4-35-25-18(17-11-16(31)5-6-22(17)32)9-15(10-20(25)27)30-26-19-12-23(34-3)24(36-8-7-33-2)13-21(19)28-14-29-26/h5-6,9-14H,4,7-8H2,1-3H3,(H,28,29,30). The fourth-order valence-electron chi connectivity index (χ4n) is 3.68. The van der Waals surface area contributed by atoms with Crippen LogP contribution in [0.3, 0.4) is 0 Å². The van der Waals surface area contributed by atoms with Gasteiger partial charge in [-0.05, 0) is 43.4 Å². The van der Waals surface area contributed by atoms with Crippen LogP contribution in [0.1, 0.15) is 12.5 Å². The molecule has 0 aliphatic heterocycles. The number of rotatable bonds is 10. The van der Waals surface area contributed by atoms with Crippen LogP contribution >= 0.6 is 11.6 Å². The first-order valence-corrected chi connectivity index (χ1v) is 11.5. The highest BCUT2D eigenvalue weighted by atomic mass is 35.5. The molecule has 3 aromatic rings. The summed E-state index contributed by atoms with van der Waals surface area (Å²) in [4.78, 5) is 33.3. The number of carbonyl (C=O) groups is 2. The van der Waals surface area contributed by atoms with Crippen molar-refractivity contribution in [3.05, 3.63) is 59.4 Å². The van der Waals surface area contributed by atoms with Gasteiger partial charge in [-0.2, -0.15) is 0 Å². The van der Waals surface area contributed by atoms with Gasteiger partial charge in [-0.3, -0.25) is 9.59 Å². The van der Waals surface area contributed by atoms with Crippen LogP contribution < -0.4 is 19.5 Å². The highest BCUT2D eigenvalue weighted by molar-refractivity contribution is 6.36. The third kappa shape index (κ3) is 5.32. The van der Waals surface area contributed by atoms with Gasteiger partial charge in [-0.25, -0.2) is 9.97 Å². The predicted molar refractivity (Wildman–Crippen MR) is 136 cm³/mol. The molecule has 1 aliphatic carbocycles. The molecule has 9 nitrogen and oxygen atoms in total. The van der Waals surface area contributed by atoms with Crippen LogP contribution in [0.5, 0.6) is 17.2 Å². The zero-order valence-corrected chi connectivity index (χ0v) is 20.7. The van der Waals surface area contributed by atoms with E-state index in [0.717, 1.165) is 0 Å².